The molecule has 0 saturated carbocycles. The second kappa shape index (κ2) is 5.31. The quantitative estimate of drug-likeness (QED) is 0.866. The van der Waals surface area contributed by atoms with Crippen LogP contribution in [0.3, 0.4) is 0 Å². The predicted octanol–water partition coefficient (Wildman–Crippen LogP) is 2.03. The van der Waals surface area contributed by atoms with Crippen molar-refractivity contribution < 1.29 is 18.3 Å². The van der Waals surface area contributed by atoms with Gasteiger partial charge in [-0.3, -0.25) is 0 Å². The van der Waals surface area contributed by atoms with Crippen LogP contribution in [0, 0.1) is 0 Å². The summed E-state index contributed by atoms with van der Waals surface area (Å²) < 4.78 is 29.6. The van der Waals surface area contributed by atoms with E-state index in [1.54, 1.807) is 0 Å². The molecule has 0 aliphatic rings. The third kappa shape index (κ3) is 2.53. The Morgan fingerprint density at radius 1 is 1.69 bits per heavy atom. The minimum absolute atomic E-state index is 0.0556. The first-order valence-electron chi connectivity index (χ1n) is 4.27. The number of pyridine rings is 1. The van der Waals surface area contributed by atoms with E-state index in [0.29, 0.717) is 0 Å². The molecule has 0 aliphatic carbocycles. The van der Waals surface area contributed by atoms with Crippen LogP contribution >= 0.6 is 15.9 Å². The van der Waals surface area contributed by atoms with Crippen molar-refractivity contribution in [3.05, 3.63) is 27.5 Å². The molecule has 0 bridgehead atoms. The normalized spacial score (nSPS) is 10.6. The van der Waals surface area contributed by atoms with Crippen LogP contribution in [-0.2, 0) is 11.3 Å². The molecular formula is C9H9BrF2N2O2. The Hall–Kier alpha value is -1.08. The third-order valence-electron chi connectivity index (χ3n) is 1.89. The van der Waals surface area contributed by atoms with Gasteiger partial charge in [-0.15, -0.1) is 0 Å². The molecule has 0 fully saturated rings. The maximum atomic E-state index is 12.5. The largest absolute Gasteiger partial charge is 0.465 e. The van der Waals surface area contributed by atoms with Crippen molar-refractivity contribution in [2.24, 2.45) is 5.73 Å². The van der Waals surface area contributed by atoms with E-state index in [1.807, 2.05) is 0 Å². The fraction of sp³-hybridized carbons (Fsp3) is 0.333. The number of ether oxygens (including phenoxy) is 1. The van der Waals surface area contributed by atoms with E-state index < -0.39 is 18.1 Å². The fourth-order valence-corrected chi connectivity index (χ4v) is 1.63. The second-order valence-corrected chi connectivity index (χ2v) is 3.70. The van der Waals surface area contributed by atoms with Crippen molar-refractivity contribution in [2.45, 2.75) is 13.0 Å². The number of aromatic nitrogens is 1. The zero-order valence-electron chi connectivity index (χ0n) is 8.34. The molecule has 0 amide bonds. The first-order valence-corrected chi connectivity index (χ1v) is 5.06. The molecule has 0 spiro atoms. The molecule has 1 rings (SSSR count). The molecular weight excluding hydrogens is 286 g/mol. The van der Waals surface area contributed by atoms with Gasteiger partial charge in [0.25, 0.3) is 6.43 Å². The van der Waals surface area contributed by atoms with Crippen LogP contribution in [0.1, 0.15) is 28.2 Å². The standard InChI is InChI=1S/C9H9BrF2N2O2/c1-16-9(15)4-2-5(10)7(8(11)12)14-6(4)3-13/h2,8H,3,13H2,1H3. The van der Waals surface area contributed by atoms with Gasteiger partial charge in [0.1, 0.15) is 5.69 Å². The smallest absolute Gasteiger partial charge is 0.339 e. The highest BCUT2D eigenvalue weighted by atomic mass is 79.9. The molecule has 7 heteroatoms. The number of nitrogens with two attached hydrogens (primary N) is 1. The van der Waals surface area contributed by atoms with Crippen LogP contribution in [0.25, 0.3) is 0 Å². The van der Waals surface area contributed by atoms with E-state index in [9.17, 15) is 13.6 Å². The summed E-state index contributed by atoms with van der Waals surface area (Å²) in [5.41, 5.74) is 5.07. The van der Waals surface area contributed by atoms with Crippen LogP contribution in [0.4, 0.5) is 8.78 Å². The number of esters is 1. The first-order chi connectivity index (χ1) is 7.51. The Kier molecular flexibility index (Phi) is 4.31. The molecule has 1 aromatic rings. The van der Waals surface area contributed by atoms with Crippen LogP contribution in [-0.4, -0.2) is 18.1 Å². The third-order valence-corrected chi connectivity index (χ3v) is 2.52. The molecule has 88 valence electrons. The monoisotopic (exact) mass is 294 g/mol. The van der Waals surface area contributed by atoms with Gasteiger partial charge in [-0.05, 0) is 22.0 Å². The lowest BCUT2D eigenvalue weighted by molar-refractivity contribution is 0.0598. The summed E-state index contributed by atoms with van der Waals surface area (Å²) in [7, 11) is 1.19. The van der Waals surface area contributed by atoms with Gasteiger partial charge >= 0.3 is 5.97 Å². The van der Waals surface area contributed by atoms with Gasteiger partial charge in [0.15, 0.2) is 0 Å². The average molecular weight is 295 g/mol. The highest BCUT2D eigenvalue weighted by Gasteiger charge is 2.20. The van der Waals surface area contributed by atoms with Crippen molar-refractivity contribution in [1.29, 1.82) is 0 Å². The summed E-state index contributed by atoms with van der Waals surface area (Å²) >= 11 is 2.92. The molecule has 1 heterocycles. The molecule has 2 N–H and O–H groups in total. The van der Waals surface area contributed by atoms with Gasteiger partial charge in [0, 0.05) is 11.0 Å². The summed E-state index contributed by atoms with van der Waals surface area (Å²) in [5.74, 6) is -0.658. The highest BCUT2D eigenvalue weighted by Crippen LogP contribution is 2.27. The van der Waals surface area contributed by atoms with E-state index in [1.165, 1.54) is 13.2 Å². The highest BCUT2D eigenvalue weighted by molar-refractivity contribution is 9.10. The van der Waals surface area contributed by atoms with Gasteiger partial charge < -0.3 is 10.5 Å². The number of halogens is 3. The molecule has 0 aliphatic heterocycles. The number of nitrogens with zero attached hydrogens (tertiary/aromatic N) is 1. The van der Waals surface area contributed by atoms with Crippen LogP contribution in [0.15, 0.2) is 10.5 Å². The second-order valence-electron chi connectivity index (χ2n) is 2.85. The topological polar surface area (TPSA) is 65.2 Å². The minimum atomic E-state index is -2.73. The molecule has 16 heavy (non-hydrogen) atoms. The maximum absolute atomic E-state index is 12.5. The zero-order valence-corrected chi connectivity index (χ0v) is 9.92. The average Bonchev–Trinajstić information content (AvgIpc) is 2.27. The van der Waals surface area contributed by atoms with Crippen molar-refractivity contribution >= 4 is 21.9 Å². The van der Waals surface area contributed by atoms with Gasteiger partial charge in [-0.2, -0.15) is 0 Å². The van der Waals surface area contributed by atoms with E-state index in [4.69, 9.17) is 5.73 Å². The SMILES string of the molecule is COC(=O)c1cc(Br)c(C(F)F)nc1CN. The van der Waals surface area contributed by atoms with Crippen molar-refractivity contribution in [3.63, 3.8) is 0 Å². The minimum Gasteiger partial charge on any atom is -0.465 e. The molecule has 0 radical (unpaired) electrons. The van der Waals surface area contributed by atoms with Crippen LogP contribution in [0.2, 0.25) is 0 Å². The summed E-state index contributed by atoms with van der Waals surface area (Å²) in [4.78, 5) is 14.9. The molecule has 0 atom stereocenters. The Morgan fingerprint density at radius 3 is 2.75 bits per heavy atom. The lowest BCUT2D eigenvalue weighted by atomic mass is 10.1. The lowest BCUT2D eigenvalue weighted by Gasteiger charge is -2.09. The van der Waals surface area contributed by atoms with E-state index in [0.717, 1.165) is 0 Å². The molecule has 4 nitrogen and oxygen atoms in total. The van der Waals surface area contributed by atoms with E-state index in [-0.39, 0.29) is 22.3 Å². The van der Waals surface area contributed by atoms with Gasteiger partial charge in [0.05, 0.1) is 18.4 Å². The van der Waals surface area contributed by atoms with Gasteiger partial charge in [0.2, 0.25) is 0 Å². The maximum Gasteiger partial charge on any atom is 0.339 e. The van der Waals surface area contributed by atoms with Crippen molar-refractivity contribution in [3.8, 4) is 0 Å². The number of carbonyl (C=O) groups excluding carboxylic acids is 1. The Labute approximate surface area is 98.9 Å². The number of rotatable bonds is 3. The van der Waals surface area contributed by atoms with Crippen LogP contribution < -0.4 is 5.73 Å². The van der Waals surface area contributed by atoms with Crippen LogP contribution in [0.5, 0.6) is 0 Å². The fourth-order valence-electron chi connectivity index (χ4n) is 1.14. The number of carbonyl (C=O) groups is 1. The molecule has 0 saturated heterocycles. The number of alkyl halides is 2. The lowest BCUT2D eigenvalue weighted by Crippen LogP contribution is -2.13. The first kappa shape index (κ1) is 13.0. The summed E-state index contributed by atoms with van der Waals surface area (Å²) in [6, 6.07) is 1.24. The van der Waals surface area contributed by atoms with Crippen molar-refractivity contribution in [1.82, 2.24) is 4.98 Å². The molecule has 1 aromatic heterocycles. The molecule has 0 aromatic carbocycles. The number of methoxy groups -OCH3 is 1. The van der Waals surface area contributed by atoms with Gasteiger partial charge in [-0.25, -0.2) is 18.6 Å². The van der Waals surface area contributed by atoms with E-state index >= 15 is 0 Å². The Balaban J connectivity index is 3.32. The van der Waals surface area contributed by atoms with Crippen molar-refractivity contribution in [2.75, 3.05) is 7.11 Å². The molecule has 0 unspecified atom stereocenters. The van der Waals surface area contributed by atoms with E-state index in [2.05, 4.69) is 25.7 Å². The summed E-state index contributed by atoms with van der Waals surface area (Å²) in [6.45, 7) is -0.114. The van der Waals surface area contributed by atoms with Gasteiger partial charge in [-0.1, -0.05) is 0 Å². The Bertz CT molecular complexity index is 413. The number of hydrogen-bond acceptors (Lipinski definition) is 4. The summed E-state index contributed by atoms with van der Waals surface area (Å²) in [5, 5.41) is 0. The summed E-state index contributed by atoms with van der Waals surface area (Å²) in [6.07, 6.45) is -2.73. The number of hydrogen-bond donors (Lipinski definition) is 1. The predicted molar refractivity (Wildman–Crippen MR) is 56.1 cm³/mol. The zero-order chi connectivity index (χ0) is 12.3. The Morgan fingerprint density at radius 2 is 2.31 bits per heavy atom.